The van der Waals surface area contributed by atoms with Gasteiger partial charge in [-0.2, -0.15) is 0 Å². The first-order chi connectivity index (χ1) is 5.43. The van der Waals surface area contributed by atoms with Crippen molar-refractivity contribution in [2.24, 2.45) is 23.0 Å². The molecule has 1 rings (SSSR count). The van der Waals surface area contributed by atoms with Crippen LogP contribution in [0, 0.1) is 17.3 Å². The molecular weight excluding hydrogens is 146 g/mol. The van der Waals surface area contributed by atoms with Crippen LogP contribution >= 0.6 is 0 Å². The standard InChI is InChI=1S/C11H23N/c1-8-6-5-7-9(10(8)12)11(2,3)4/h8-10H,5-7,12H2,1-4H3. The second-order valence-corrected chi connectivity index (χ2v) is 5.46. The number of nitrogens with two attached hydrogens (primary N) is 1. The molecule has 0 aromatic heterocycles. The Morgan fingerprint density at radius 3 is 2.17 bits per heavy atom. The van der Waals surface area contributed by atoms with Gasteiger partial charge in [0.2, 0.25) is 0 Å². The Bertz CT molecular complexity index is 146. The smallest absolute Gasteiger partial charge is 0.00979 e. The molecule has 0 amide bonds. The van der Waals surface area contributed by atoms with Crippen molar-refractivity contribution in [1.29, 1.82) is 0 Å². The summed E-state index contributed by atoms with van der Waals surface area (Å²) >= 11 is 0. The first-order valence-corrected chi connectivity index (χ1v) is 5.18. The predicted molar refractivity (Wildman–Crippen MR) is 53.9 cm³/mol. The molecule has 0 aromatic rings. The molecule has 0 radical (unpaired) electrons. The number of rotatable bonds is 0. The maximum Gasteiger partial charge on any atom is 0.00979 e. The number of hydrogen-bond acceptors (Lipinski definition) is 1. The molecule has 0 aromatic carbocycles. The van der Waals surface area contributed by atoms with E-state index in [0.717, 1.165) is 11.8 Å². The van der Waals surface area contributed by atoms with E-state index in [1.165, 1.54) is 19.3 Å². The van der Waals surface area contributed by atoms with E-state index in [1.54, 1.807) is 0 Å². The fourth-order valence-corrected chi connectivity index (χ4v) is 2.45. The van der Waals surface area contributed by atoms with E-state index in [0.29, 0.717) is 11.5 Å². The van der Waals surface area contributed by atoms with Crippen molar-refractivity contribution in [3.8, 4) is 0 Å². The molecule has 0 heterocycles. The lowest BCUT2D eigenvalue weighted by Crippen LogP contribution is -2.45. The zero-order chi connectivity index (χ0) is 9.35. The van der Waals surface area contributed by atoms with Gasteiger partial charge in [-0.3, -0.25) is 0 Å². The van der Waals surface area contributed by atoms with Crippen molar-refractivity contribution in [2.75, 3.05) is 0 Å². The van der Waals surface area contributed by atoms with Crippen LogP contribution in [-0.4, -0.2) is 6.04 Å². The fourth-order valence-electron chi connectivity index (χ4n) is 2.45. The minimum Gasteiger partial charge on any atom is -0.327 e. The minimum atomic E-state index is 0.397. The minimum absolute atomic E-state index is 0.397. The van der Waals surface area contributed by atoms with Crippen LogP contribution in [0.3, 0.4) is 0 Å². The molecule has 0 spiro atoms. The fraction of sp³-hybridized carbons (Fsp3) is 1.00. The van der Waals surface area contributed by atoms with Crippen molar-refractivity contribution < 1.29 is 0 Å². The van der Waals surface area contributed by atoms with Gasteiger partial charge in [-0.25, -0.2) is 0 Å². The van der Waals surface area contributed by atoms with E-state index in [-0.39, 0.29) is 0 Å². The average Bonchev–Trinajstić information content (AvgIpc) is 1.92. The first kappa shape index (κ1) is 10.0. The Morgan fingerprint density at radius 1 is 1.17 bits per heavy atom. The summed E-state index contributed by atoms with van der Waals surface area (Å²) in [7, 11) is 0. The van der Waals surface area contributed by atoms with E-state index in [9.17, 15) is 0 Å². The summed E-state index contributed by atoms with van der Waals surface area (Å²) in [5.74, 6) is 1.45. The molecule has 1 aliphatic carbocycles. The monoisotopic (exact) mass is 169 g/mol. The van der Waals surface area contributed by atoms with Crippen LogP contribution < -0.4 is 5.73 Å². The van der Waals surface area contributed by atoms with Gasteiger partial charge in [0.05, 0.1) is 0 Å². The van der Waals surface area contributed by atoms with Gasteiger partial charge in [-0.15, -0.1) is 0 Å². The molecule has 0 bridgehead atoms. The quantitative estimate of drug-likeness (QED) is 0.593. The molecular formula is C11H23N. The van der Waals surface area contributed by atoms with Crippen molar-refractivity contribution in [3.05, 3.63) is 0 Å². The van der Waals surface area contributed by atoms with Crippen molar-refractivity contribution in [2.45, 2.75) is 53.0 Å². The maximum atomic E-state index is 6.21. The Kier molecular flexibility index (Phi) is 2.82. The van der Waals surface area contributed by atoms with Crippen molar-refractivity contribution in [3.63, 3.8) is 0 Å². The molecule has 1 heteroatoms. The molecule has 3 unspecified atom stereocenters. The second kappa shape index (κ2) is 3.37. The van der Waals surface area contributed by atoms with Crippen molar-refractivity contribution in [1.82, 2.24) is 0 Å². The van der Waals surface area contributed by atoms with Crippen LogP contribution in [0.2, 0.25) is 0 Å². The molecule has 1 aliphatic rings. The molecule has 3 atom stereocenters. The van der Waals surface area contributed by atoms with Gasteiger partial charge in [-0.05, 0) is 30.1 Å². The summed E-state index contributed by atoms with van der Waals surface area (Å²) < 4.78 is 0. The highest BCUT2D eigenvalue weighted by Gasteiger charge is 2.35. The second-order valence-electron chi connectivity index (χ2n) is 5.46. The van der Waals surface area contributed by atoms with Crippen LogP contribution in [0.1, 0.15) is 47.0 Å². The largest absolute Gasteiger partial charge is 0.327 e. The molecule has 1 nitrogen and oxygen atoms in total. The lowest BCUT2D eigenvalue weighted by molar-refractivity contribution is 0.118. The predicted octanol–water partition coefficient (Wildman–Crippen LogP) is 2.80. The van der Waals surface area contributed by atoms with Gasteiger partial charge in [0.25, 0.3) is 0 Å². The van der Waals surface area contributed by atoms with E-state index in [1.807, 2.05) is 0 Å². The topological polar surface area (TPSA) is 26.0 Å². The third-order valence-corrected chi connectivity index (χ3v) is 3.41. The Labute approximate surface area is 76.7 Å². The van der Waals surface area contributed by atoms with Gasteiger partial charge >= 0.3 is 0 Å². The average molecular weight is 169 g/mol. The Balaban J connectivity index is 2.64. The molecule has 1 fully saturated rings. The summed E-state index contributed by atoms with van der Waals surface area (Å²) in [6, 6.07) is 0.429. The third-order valence-electron chi connectivity index (χ3n) is 3.41. The SMILES string of the molecule is CC1CCCC(C(C)(C)C)C1N. The Hall–Kier alpha value is -0.0400. The summed E-state index contributed by atoms with van der Waals surface area (Å²) in [5.41, 5.74) is 6.61. The summed E-state index contributed by atoms with van der Waals surface area (Å²) in [4.78, 5) is 0. The number of hydrogen-bond donors (Lipinski definition) is 1. The van der Waals surface area contributed by atoms with Gasteiger partial charge in [-0.1, -0.05) is 34.1 Å². The molecule has 1 saturated carbocycles. The van der Waals surface area contributed by atoms with E-state index in [2.05, 4.69) is 27.7 Å². The maximum absolute atomic E-state index is 6.21. The highest BCUT2D eigenvalue weighted by molar-refractivity contribution is 4.89. The highest BCUT2D eigenvalue weighted by atomic mass is 14.7. The zero-order valence-electron chi connectivity index (χ0n) is 8.93. The molecule has 72 valence electrons. The highest BCUT2D eigenvalue weighted by Crippen LogP contribution is 2.39. The lowest BCUT2D eigenvalue weighted by Gasteiger charge is -2.41. The van der Waals surface area contributed by atoms with E-state index < -0.39 is 0 Å². The third kappa shape index (κ3) is 2.01. The molecule has 2 N–H and O–H groups in total. The zero-order valence-corrected chi connectivity index (χ0v) is 8.93. The summed E-state index contributed by atoms with van der Waals surface area (Å²) in [5, 5.41) is 0. The van der Waals surface area contributed by atoms with Gasteiger partial charge in [0.15, 0.2) is 0 Å². The van der Waals surface area contributed by atoms with Crippen LogP contribution in [0.5, 0.6) is 0 Å². The van der Waals surface area contributed by atoms with Gasteiger partial charge < -0.3 is 5.73 Å². The normalized spacial score (nSPS) is 38.2. The van der Waals surface area contributed by atoms with Crippen LogP contribution in [0.15, 0.2) is 0 Å². The molecule has 0 saturated heterocycles. The van der Waals surface area contributed by atoms with Crippen LogP contribution in [0.25, 0.3) is 0 Å². The summed E-state index contributed by atoms with van der Waals surface area (Å²) in [6.07, 6.45) is 4.03. The van der Waals surface area contributed by atoms with Gasteiger partial charge in [0, 0.05) is 6.04 Å². The molecule has 12 heavy (non-hydrogen) atoms. The molecule has 0 aliphatic heterocycles. The van der Waals surface area contributed by atoms with Crippen molar-refractivity contribution >= 4 is 0 Å². The summed E-state index contributed by atoms with van der Waals surface area (Å²) in [6.45, 7) is 9.24. The Morgan fingerprint density at radius 2 is 1.75 bits per heavy atom. The van der Waals surface area contributed by atoms with Crippen LogP contribution in [-0.2, 0) is 0 Å². The lowest BCUT2D eigenvalue weighted by atomic mass is 9.67. The first-order valence-electron chi connectivity index (χ1n) is 5.18. The van der Waals surface area contributed by atoms with Gasteiger partial charge in [0.1, 0.15) is 0 Å². The van der Waals surface area contributed by atoms with E-state index in [4.69, 9.17) is 5.73 Å². The van der Waals surface area contributed by atoms with Crippen LogP contribution in [0.4, 0.5) is 0 Å². The van der Waals surface area contributed by atoms with E-state index >= 15 is 0 Å².